The summed E-state index contributed by atoms with van der Waals surface area (Å²) in [4.78, 5) is 16.6. The summed E-state index contributed by atoms with van der Waals surface area (Å²) in [5.41, 5.74) is 3.99. The molecule has 1 unspecified atom stereocenters. The first kappa shape index (κ1) is 13.8. The van der Waals surface area contributed by atoms with Gasteiger partial charge in [0, 0.05) is 17.3 Å². The molecule has 1 aliphatic carbocycles. The third kappa shape index (κ3) is 3.44. The standard InChI is InChI=1S/C14H22N4O/c1-8(2)12-6-11(7-13(17-12)18-15)14(19)16-9(3)10-4-5-10/h6-10H,4-5,15H2,1-3H3,(H,16,19)(H,17,18). The molecule has 0 bridgehead atoms. The number of hydrazine groups is 1. The molecule has 2 rings (SSSR count). The van der Waals surface area contributed by atoms with Gasteiger partial charge in [-0.1, -0.05) is 13.8 Å². The van der Waals surface area contributed by atoms with Crippen molar-refractivity contribution in [1.82, 2.24) is 10.3 Å². The van der Waals surface area contributed by atoms with Crippen LogP contribution in [0.15, 0.2) is 12.1 Å². The zero-order chi connectivity index (χ0) is 14.0. The minimum Gasteiger partial charge on any atom is -0.349 e. The summed E-state index contributed by atoms with van der Waals surface area (Å²) >= 11 is 0. The Kier molecular flexibility index (Phi) is 4.04. The molecule has 4 N–H and O–H groups in total. The third-order valence-electron chi connectivity index (χ3n) is 3.53. The lowest BCUT2D eigenvalue weighted by molar-refractivity contribution is 0.0935. The molecule has 1 heterocycles. The second kappa shape index (κ2) is 5.57. The molecule has 1 aromatic rings. The zero-order valence-electron chi connectivity index (χ0n) is 11.7. The summed E-state index contributed by atoms with van der Waals surface area (Å²) in [6, 6.07) is 3.75. The number of nitrogens with zero attached hydrogens (tertiary/aromatic N) is 1. The number of aromatic nitrogens is 1. The molecule has 104 valence electrons. The van der Waals surface area contributed by atoms with Gasteiger partial charge in [-0.2, -0.15) is 0 Å². The fourth-order valence-electron chi connectivity index (χ4n) is 2.06. The van der Waals surface area contributed by atoms with Gasteiger partial charge in [0.15, 0.2) is 0 Å². The minimum atomic E-state index is -0.0554. The molecule has 1 aliphatic rings. The van der Waals surface area contributed by atoms with Crippen LogP contribution in [0.3, 0.4) is 0 Å². The maximum atomic E-state index is 12.2. The minimum absolute atomic E-state index is 0.0554. The van der Waals surface area contributed by atoms with Crippen molar-refractivity contribution in [2.45, 2.75) is 45.6 Å². The number of carbonyl (C=O) groups excluding carboxylic acids is 1. The average molecular weight is 262 g/mol. The van der Waals surface area contributed by atoms with Crippen molar-refractivity contribution in [2.75, 3.05) is 5.43 Å². The van der Waals surface area contributed by atoms with E-state index in [0.717, 1.165) is 5.69 Å². The zero-order valence-corrected chi connectivity index (χ0v) is 11.7. The lowest BCUT2D eigenvalue weighted by Gasteiger charge is -2.15. The highest BCUT2D eigenvalue weighted by atomic mass is 16.1. The number of carbonyl (C=O) groups is 1. The number of hydrogen-bond donors (Lipinski definition) is 3. The predicted octanol–water partition coefficient (Wildman–Crippen LogP) is 2.02. The number of rotatable bonds is 5. The fraction of sp³-hybridized carbons (Fsp3) is 0.571. The van der Waals surface area contributed by atoms with Crippen molar-refractivity contribution in [1.29, 1.82) is 0 Å². The maximum absolute atomic E-state index is 12.2. The van der Waals surface area contributed by atoms with Gasteiger partial charge < -0.3 is 10.7 Å². The van der Waals surface area contributed by atoms with E-state index in [2.05, 4.69) is 22.7 Å². The van der Waals surface area contributed by atoms with Crippen molar-refractivity contribution < 1.29 is 4.79 Å². The molecule has 19 heavy (non-hydrogen) atoms. The number of nitrogen functional groups attached to an aromatic ring is 1. The summed E-state index contributed by atoms with van der Waals surface area (Å²) < 4.78 is 0. The van der Waals surface area contributed by atoms with Crippen molar-refractivity contribution in [2.24, 2.45) is 11.8 Å². The molecule has 5 nitrogen and oxygen atoms in total. The lowest BCUT2D eigenvalue weighted by atomic mass is 10.1. The Bertz CT molecular complexity index is 469. The summed E-state index contributed by atoms with van der Waals surface area (Å²) in [6.07, 6.45) is 2.43. The molecule has 1 fully saturated rings. The van der Waals surface area contributed by atoms with Gasteiger partial charge in [-0.3, -0.25) is 4.79 Å². The van der Waals surface area contributed by atoms with Gasteiger partial charge in [-0.25, -0.2) is 10.8 Å². The molecule has 1 amide bonds. The van der Waals surface area contributed by atoms with Crippen LogP contribution in [0.5, 0.6) is 0 Å². The third-order valence-corrected chi connectivity index (χ3v) is 3.53. The molecule has 0 aliphatic heterocycles. The van der Waals surface area contributed by atoms with Crippen LogP contribution >= 0.6 is 0 Å². The van der Waals surface area contributed by atoms with Crippen LogP contribution in [0, 0.1) is 5.92 Å². The van der Waals surface area contributed by atoms with E-state index in [1.807, 2.05) is 19.9 Å². The van der Waals surface area contributed by atoms with Crippen LogP contribution < -0.4 is 16.6 Å². The van der Waals surface area contributed by atoms with E-state index < -0.39 is 0 Å². The van der Waals surface area contributed by atoms with E-state index in [4.69, 9.17) is 5.84 Å². The predicted molar refractivity (Wildman–Crippen MR) is 75.8 cm³/mol. The van der Waals surface area contributed by atoms with Crippen LogP contribution in [0.25, 0.3) is 0 Å². The van der Waals surface area contributed by atoms with Crippen LogP contribution in [-0.2, 0) is 0 Å². The van der Waals surface area contributed by atoms with Gasteiger partial charge in [0.05, 0.1) is 0 Å². The van der Waals surface area contributed by atoms with Gasteiger partial charge >= 0.3 is 0 Å². The molecular weight excluding hydrogens is 240 g/mol. The summed E-state index contributed by atoms with van der Waals surface area (Å²) in [6.45, 7) is 6.14. The molecule has 0 aromatic carbocycles. The Hall–Kier alpha value is -1.62. The highest BCUT2D eigenvalue weighted by molar-refractivity contribution is 5.95. The molecule has 1 aromatic heterocycles. The molecule has 0 radical (unpaired) electrons. The van der Waals surface area contributed by atoms with Crippen molar-refractivity contribution in [3.63, 3.8) is 0 Å². The Balaban J connectivity index is 2.17. The number of anilines is 1. The number of nitrogens with two attached hydrogens (primary N) is 1. The van der Waals surface area contributed by atoms with Crippen molar-refractivity contribution in [3.8, 4) is 0 Å². The van der Waals surface area contributed by atoms with Crippen molar-refractivity contribution >= 4 is 11.7 Å². The van der Waals surface area contributed by atoms with Gasteiger partial charge in [-0.15, -0.1) is 0 Å². The van der Waals surface area contributed by atoms with Crippen molar-refractivity contribution in [3.05, 3.63) is 23.4 Å². The first-order valence-electron chi connectivity index (χ1n) is 6.80. The second-order valence-corrected chi connectivity index (χ2v) is 5.56. The van der Waals surface area contributed by atoms with E-state index in [-0.39, 0.29) is 17.9 Å². The Morgan fingerprint density at radius 2 is 2.05 bits per heavy atom. The van der Waals surface area contributed by atoms with E-state index in [1.54, 1.807) is 6.07 Å². The number of hydrogen-bond acceptors (Lipinski definition) is 4. The molecule has 0 saturated heterocycles. The second-order valence-electron chi connectivity index (χ2n) is 5.56. The van der Waals surface area contributed by atoms with Crippen LogP contribution in [0.1, 0.15) is 55.6 Å². The quantitative estimate of drug-likeness (QED) is 0.560. The van der Waals surface area contributed by atoms with Crippen LogP contribution in [0.4, 0.5) is 5.82 Å². The summed E-state index contributed by atoms with van der Waals surface area (Å²) in [5.74, 6) is 6.76. The van der Waals surface area contributed by atoms with E-state index in [1.165, 1.54) is 12.8 Å². The van der Waals surface area contributed by atoms with E-state index >= 15 is 0 Å². The molecular formula is C14H22N4O. The SMILES string of the molecule is CC(C)c1cc(C(=O)NC(C)C2CC2)cc(NN)n1. The Morgan fingerprint density at radius 3 is 2.58 bits per heavy atom. The summed E-state index contributed by atoms with van der Waals surface area (Å²) in [5, 5.41) is 3.04. The summed E-state index contributed by atoms with van der Waals surface area (Å²) in [7, 11) is 0. The highest BCUT2D eigenvalue weighted by Crippen LogP contribution is 2.32. The molecule has 5 heteroatoms. The highest BCUT2D eigenvalue weighted by Gasteiger charge is 2.29. The van der Waals surface area contributed by atoms with Crippen LogP contribution in [0.2, 0.25) is 0 Å². The number of amides is 1. The van der Waals surface area contributed by atoms with Gasteiger partial charge in [0.2, 0.25) is 0 Å². The average Bonchev–Trinajstić information content (AvgIpc) is 3.22. The molecule has 1 saturated carbocycles. The largest absolute Gasteiger partial charge is 0.349 e. The topological polar surface area (TPSA) is 80.0 Å². The normalized spacial score (nSPS) is 16.3. The first-order chi connectivity index (χ1) is 9.01. The maximum Gasteiger partial charge on any atom is 0.251 e. The number of nitrogens with one attached hydrogen (secondary N) is 2. The smallest absolute Gasteiger partial charge is 0.251 e. The van der Waals surface area contributed by atoms with Gasteiger partial charge in [0.25, 0.3) is 5.91 Å². The Labute approximate surface area is 114 Å². The van der Waals surface area contributed by atoms with E-state index in [9.17, 15) is 4.79 Å². The molecule has 0 spiro atoms. The van der Waals surface area contributed by atoms with Gasteiger partial charge in [-0.05, 0) is 43.7 Å². The lowest BCUT2D eigenvalue weighted by Crippen LogP contribution is -2.34. The Morgan fingerprint density at radius 1 is 1.37 bits per heavy atom. The fourth-order valence-corrected chi connectivity index (χ4v) is 2.06. The van der Waals surface area contributed by atoms with Crippen LogP contribution in [-0.4, -0.2) is 16.9 Å². The number of pyridine rings is 1. The van der Waals surface area contributed by atoms with E-state index in [0.29, 0.717) is 17.3 Å². The first-order valence-corrected chi connectivity index (χ1v) is 6.80. The molecule has 1 atom stereocenters. The van der Waals surface area contributed by atoms with Gasteiger partial charge in [0.1, 0.15) is 5.82 Å². The monoisotopic (exact) mass is 262 g/mol.